The molecule has 130 valence electrons. The number of benzene rings is 1. The summed E-state index contributed by atoms with van der Waals surface area (Å²) in [5.41, 5.74) is 1.05. The first-order valence-corrected chi connectivity index (χ1v) is 7.27. The van der Waals surface area contributed by atoms with Gasteiger partial charge in [0, 0.05) is 26.2 Å². The highest BCUT2D eigenvalue weighted by Gasteiger charge is 2.25. The Kier molecular flexibility index (Phi) is 8.35. The van der Waals surface area contributed by atoms with E-state index in [2.05, 4.69) is 20.5 Å². The molecule has 2 N–H and O–H groups in total. The van der Waals surface area contributed by atoms with Gasteiger partial charge < -0.3 is 20.3 Å². The highest BCUT2D eigenvalue weighted by atomic mass is 127. The summed E-state index contributed by atoms with van der Waals surface area (Å²) in [5.74, 6) is 1.25. The number of guanidine groups is 1. The Morgan fingerprint density at radius 3 is 2.83 bits per heavy atom. The molecule has 1 heterocycles. The minimum absolute atomic E-state index is 0. The Bertz CT molecular complexity index is 516. The number of rotatable bonds is 5. The van der Waals surface area contributed by atoms with Gasteiger partial charge in [0.25, 0.3) is 6.43 Å². The van der Waals surface area contributed by atoms with Crippen LogP contribution in [0, 0.1) is 0 Å². The van der Waals surface area contributed by atoms with Crippen LogP contribution in [0.3, 0.4) is 0 Å². The van der Waals surface area contributed by atoms with E-state index in [0.717, 1.165) is 30.9 Å². The molecule has 2 rings (SSSR count). The molecule has 1 fully saturated rings. The lowest BCUT2D eigenvalue weighted by Gasteiger charge is -2.22. The fourth-order valence-electron chi connectivity index (χ4n) is 2.55. The van der Waals surface area contributed by atoms with Gasteiger partial charge in [-0.3, -0.25) is 4.99 Å². The van der Waals surface area contributed by atoms with E-state index in [1.165, 1.54) is 0 Å². The van der Waals surface area contributed by atoms with Crippen LogP contribution in [0.5, 0.6) is 5.75 Å². The van der Waals surface area contributed by atoms with E-state index >= 15 is 0 Å². The first-order chi connectivity index (χ1) is 10.6. The molecule has 5 nitrogen and oxygen atoms in total. The molecule has 0 aromatic heterocycles. The lowest BCUT2D eigenvalue weighted by Crippen LogP contribution is -2.45. The van der Waals surface area contributed by atoms with Gasteiger partial charge in [-0.05, 0) is 18.6 Å². The molecule has 0 radical (unpaired) electrons. The second-order valence-electron chi connectivity index (χ2n) is 5.09. The second-order valence-corrected chi connectivity index (χ2v) is 5.09. The van der Waals surface area contributed by atoms with Gasteiger partial charge in [0.2, 0.25) is 0 Å². The van der Waals surface area contributed by atoms with Crippen LogP contribution in [0.4, 0.5) is 14.5 Å². The van der Waals surface area contributed by atoms with Crippen LogP contribution in [0.2, 0.25) is 0 Å². The summed E-state index contributed by atoms with van der Waals surface area (Å²) in [5, 5.41) is 5.80. The number of hydrogen-bond donors (Lipinski definition) is 2. The molecule has 1 aliphatic heterocycles. The van der Waals surface area contributed by atoms with Crippen LogP contribution in [-0.2, 0) is 0 Å². The third-order valence-corrected chi connectivity index (χ3v) is 3.60. The van der Waals surface area contributed by atoms with Gasteiger partial charge in [-0.2, -0.15) is 0 Å². The van der Waals surface area contributed by atoms with Crippen molar-refractivity contribution in [1.29, 1.82) is 0 Å². The van der Waals surface area contributed by atoms with E-state index in [-0.39, 0.29) is 30.0 Å². The zero-order valence-electron chi connectivity index (χ0n) is 13.3. The number of nitrogens with zero attached hydrogens (tertiary/aromatic N) is 2. The third-order valence-electron chi connectivity index (χ3n) is 3.60. The molecule has 0 aliphatic carbocycles. The van der Waals surface area contributed by atoms with Crippen molar-refractivity contribution in [2.75, 3.05) is 38.7 Å². The highest BCUT2D eigenvalue weighted by Crippen LogP contribution is 2.30. The molecule has 1 aromatic carbocycles. The normalized spacial score (nSPS) is 17.9. The Labute approximate surface area is 152 Å². The van der Waals surface area contributed by atoms with Gasteiger partial charge in [0.05, 0.1) is 19.3 Å². The number of halogens is 3. The fourth-order valence-corrected chi connectivity index (χ4v) is 2.55. The summed E-state index contributed by atoms with van der Waals surface area (Å²) in [4.78, 5) is 6.19. The molecule has 0 bridgehead atoms. The zero-order chi connectivity index (χ0) is 15.9. The Morgan fingerprint density at radius 1 is 1.43 bits per heavy atom. The van der Waals surface area contributed by atoms with Gasteiger partial charge in [-0.25, -0.2) is 8.78 Å². The number of aliphatic imine (C=N–C) groups is 1. The standard InChI is InChI=1S/C15H22F2N4O.HI/c1-18-15(19-9-14(16)17)20-11-7-8-21(10-11)12-5-3-4-6-13(12)22-2;/h3-6,11,14H,7-10H2,1-2H3,(H2,18,19,20);1H. The van der Waals surface area contributed by atoms with Gasteiger partial charge in [-0.15, -0.1) is 24.0 Å². The van der Waals surface area contributed by atoms with Crippen LogP contribution in [-0.4, -0.2) is 52.2 Å². The van der Waals surface area contributed by atoms with Crippen molar-refractivity contribution in [2.24, 2.45) is 4.99 Å². The number of hydrogen-bond acceptors (Lipinski definition) is 3. The van der Waals surface area contributed by atoms with Crippen molar-refractivity contribution in [1.82, 2.24) is 10.6 Å². The fraction of sp³-hybridized carbons (Fsp3) is 0.533. The molecule has 0 amide bonds. The number of nitrogens with one attached hydrogen (secondary N) is 2. The van der Waals surface area contributed by atoms with Crippen molar-refractivity contribution in [3.8, 4) is 5.75 Å². The van der Waals surface area contributed by atoms with Crippen molar-refractivity contribution < 1.29 is 13.5 Å². The van der Waals surface area contributed by atoms with Crippen LogP contribution in [0.15, 0.2) is 29.3 Å². The van der Waals surface area contributed by atoms with Gasteiger partial charge in [0.1, 0.15) is 5.75 Å². The van der Waals surface area contributed by atoms with Crippen molar-refractivity contribution >= 4 is 35.6 Å². The van der Waals surface area contributed by atoms with Crippen LogP contribution < -0.4 is 20.3 Å². The molecule has 23 heavy (non-hydrogen) atoms. The molecule has 0 spiro atoms. The maximum absolute atomic E-state index is 12.2. The van der Waals surface area contributed by atoms with E-state index in [0.29, 0.717) is 5.96 Å². The minimum atomic E-state index is -2.40. The summed E-state index contributed by atoms with van der Waals surface area (Å²) < 4.78 is 29.9. The second kappa shape index (κ2) is 9.74. The minimum Gasteiger partial charge on any atom is -0.495 e. The number of anilines is 1. The summed E-state index contributed by atoms with van der Waals surface area (Å²) in [6.07, 6.45) is -1.49. The summed E-state index contributed by atoms with van der Waals surface area (Å²) >= 11 is 0. The largest absolute Gasteiger partial charge is 0.495 e. The van der Waals surface area contributed by atoms with Crippen LogP contribution in [0.25, 0.3) is 0 Å². The monoisotopic (exact) mass is 440 g/mol. The van der Waals surface area contributed by atoms with E-state index in [1.54, 1.807) is 14.2 Å². The van der Waals surface area contributed by atoms with E-state index in [9.17, 15) is 8.78 Å². The molecule has 0 saturated carbocycles. The summed E-state index contributed by atoms with van der Waals surface area (Å²) in [7, 11) is 3.23. The lowest BCUT2D eigenvalue weighted by atomic mass is 10.2. The van der Waals surface area contributed by atoms with E-state index in [4.69, 9.17) is 4.74 Å². The van der Waals surface area contributed by atoms with Crippen molar-refractivity contribution in [3.63, 3.8) is 0 Å². The molecule has 1 aliphatic rings. The molecule has 1 unspecified atom stereocenters. The van der Waals surface area contributed by atoms with Crippen LogP contribution in [0.1, 0.15) is 6.42 Å². The van der Waals surface area contributed by atoms with E-state index < -0.39 is 13.0 Å². The topological polar surface area (TPSA) is 48.9 Å². The quantitative estimate of drug-likeness (QED) is 0.420. The lowest BCUT2D eigenvalue weighted by molar-refractivity contribution is 0.152. The zero-order valence-corrected chi connectivity index (χ0v) is 15.6. The van der Waals surface area contributed by atoms with Gasteiger partial charge >= 0.3 is 0 Å². The Morgan fingerprint density at radius 2 is 2.17 bits per heavy atom. The first-order valence-electron chi connectivity index (χ1n) is 7.27. The average Bonchev–Trinajstić information content (AvgIpc) is 2.99. The third kappa shape index (κ3) is 5.67. The molecule has 1 atom stereocenters. The molecular formula is C15H23F2IN4O. The van der Waals surface area contributed by atoms with Gasteiger partial charge in [-0.1, -0.05) is 12.1 Å². The SMILES string of the molecule is CN=C(NCC(F)F)NC1CCN(c2ccccc2OC)C1.I. The number of alkyl halides is 2. The Hall–Kier alpha value is -1.32. The van der Waals surface area contributed by atoms with Crippen molar-refractivity contribution in [3.05, 3.63) is 24.3 Å². The maximum Gasteiger partial charge on any atom is 0.255 e. The summed E-state index contributed by atoms with van der Waals surface area (Å²) in [6.45, 7) is 1.25. The summed E-state index contributed by atoms with van der Waals surface area (Å²) in [6, 6.07) is 8.02. The Balaban J connectivity index is 0.00000264. The first kappa shape index (κ1) is 19.7. The maximum atomic E-state index is 12.2. The average molecular weight is 440 g/mol. The molecule has 1 saturated heterocycles. The number of methoxy groups -OCH3 is 1. The molecule has 1 aromatic rings. The van der Waals surface area contributed by atoms with Crippen LogP contribution >= 0.6 is 24.0 Å². The predicted octanol–water partition coefficient (Wildman–Crippen LogP) is 2.32. The van der Waals surface area contributed by atoms with Gasteiger partial charge in [0.15, 0.2) is 5.96 Å². The predicted molar refractivity (Wildman–Crippen MR) is 99.5 cm³/mol. The molecule has 8 heteroatoms. The highest BCUT2D eigenvalue weighted by molar-refractivity contribution is 14.0. The smallest absolute Gasteiger partial charge is 0.255 e. The van der Waals surface area contributed by atoms with Crippen molar-refractivity contribution in [2.45, 2.75) is 18.9 Å². The molecular weight excluding hydrogens is 417 g/mol. The number of para-hydroxylation sites is 2. The number of ether oxygens (including phenoxy) is 1. The van der Waals surface area contributed by atoms with E-state index in [1.807, 2.05) is 24.3 Å².